The number of nitrogen functional groups attached to an aromatic ring is 1. The summed E-state index contributed by atoms with van der Waals surface area (Å²) in [6.07, 6.45) is 4.30. The van der Waals surface area contributed by atoms with E-state index >= 15 is 0 Å². The maximum atomic E-state index is 6.26. The van der Waals surface area contributed by atoms with Gasteiger partial charge in [-0.3, -0.25) is 0 Å². The summed E-state index contributed by atoms with van der Waals surface area (Å²) in [4.78, 5) is 15.5. The van der Waals surface area contributed by atoms with E-state index in [-0.39, 0.29) is 0 Å². The van der Waals surface area contributed by atoms with E-state index in [4.69, 9.17) is 10.5 Å². The van der Waals surface area contributed by atoms with Gasteiger partial charge < -0.3 is 20.7 Å². The highest BCUT2D eigenvalue weighted by Gasteiger charge is 2.22. The van der Waals surface area contributed by atoms with Crippen molar-refractivity contribution in [1.82, 2.24) is 15.0 Å². The van der Waals surface area contributed by atoms with Crippen molar-refractivity contribution in [3.05, 3.63) is 65.2 Å². The van der Waals surface area contributed by atoms with E-state index in [1.807, 2.05) is 18.2 Å². The van der Waals surface area contributed by atoms with E-state index in [9.17, 15) is 0 Å². The lowest BCUT2D eigenvalue weighted by atomic mass is 10.0. The maximum Gasteiger partial charge on any atom is 0.212 e. The van der Waals surface area contributed by atoms with Crippen molar-refractivity contribution >= 4 is 17.2 Å². The van der Waals surface area contributed by atoms with Crippen molar-refractivity contribution in [2.24, 2.45) is 0 Å². The number of hydrogen-bond acceptors (Lipinski definition) is 7. The van der Waals surface area contributed by atoms with Gasteiger partial charge in [0.05, 0.1) is 24.2 Å². The molecule has 1 aromatic carbocycles. The van der Waals surface area contributed by atoms with E-state index in [1.165, 1.54) is 0 Å². The standard InChI is InChI=1S/C21H24N6O/c1-14-3-5-19(17(22)9-14)27-8-7-18-16(12-27)21(26-13-25-18)24-11-15-4-6-20(28-2)23-10-15/h3-6,9-10,13H,7-8,11-12,22H2,1-2H3,(H,24,25,26). The number of aromatic nitrogens is 3. The molecule has 0 bridgehead atoms. The molecule has 0 atom stereocenters. The lowest BCUT2D eigenvalue weighted by Crippen LogP contribution is -2.32. The van der Waals surface area contributed by atoms with Crippen molar-refractivity contribution in [2.45, 2.75) is 26.4 Å². The molecule has 0 saturated heterocycles. The number of ether oxygens (including phenoxy) is 1. The quantitative estimate of drug-likeness (QED) is 0.662. The fourth-order valence-electron chi connectivity index (χ4n) is 3.48. The van der Waals surface area contributed by atoms with Gasteiger partial charge in [-0.1, -0.05) is 12.1 Å². The molecule has 0 radical (unpaired) electrons. The number of nitrogens with two attached hydrogens (primary N) is 1. The first-order chi connectivity index (χ1) is 13.6. The first-order valence-corrected chi connectivity index (χ1v) is 9.30. The van der Waals surface area contributed by atoms with Crippen LogP contribution in [0.2, 0.25) is 0 Å². The summed E-state index contributed by atoms with van der Waals surface area (Å²) in [6, 6.07) is 10.1. The molecule has 0 aliphatic carbocycles. The first kappa shape index (κ1) is 18.0. The minimum Gasteiger partial charge on any atom is -0.481 e. The van der Waals surface area contributed by atoms with E-state index in [0.29, 0.717) is 12.4 Å². The molecule has 2 aromatic heterocycles. The van der Waals surface area contributed by atoms with Gasteiger partial charge in [0.2, 0.25) is 5.88 Å². The summed E-state index contributed by atoms with van der Waals surface area (Å²) < 4.78 is 5.11. The number of aryl methyl sites for hydroxylation is 1. The van der Waals surface area contributed by atoms with Crippen molar-refractivity contribution in [1.29, 1.82) is 0 Å². The Morgan fingerprint density at radius 1 is 1.18 bits per heavy atom. The van der Waals surface area contributed by atoms with Crippen LogP contribution in [-0.2, 0) is 19.5 Å². The highest BCUT2D eigenvalue weighted by molar-refractivity contribution is 5.69. The Labute approximate surface area is 164 Å². The molecule has 1 aliphatic heterocycles. The average molecular weight is 376 g/mol. The second-order valence-electron chi connectivity index (χ2n) is 6.94. The van der Waals surface area contributed by atoms with Crippen LogP contribution in [0.4, 0.5) is 17.2 Å². The Hall–Kier alpha value is -3.35. The van der Waals surface area contributed by atoms with Crippen LogP contribution in [-0.4, -0.2) is 28.6 Å². The molecule has 0 unspecified atom stereocenters. The lowest BCUT2D eigenvalue weighted by Gasteiger charge is -2.32. The zero-order chi connectivity index (χ0) is 19.5. The van der Waals surface area contributed by atoms with Crippen molar-refractivity contribution < 1.29 is 4.74 Å². The van der Waals surface area contributed by atoms with Gasteiger partial charge in [-0.15, -0.1) is 0 Å². The second kappa shape index (κ2) is 7.72. The molecule has 28 heavy (non-hydrogen) atoms. The molecule has 0 spiro atoms. The number of pyridine rings is 1. The van der Waals surface area contributed by atoms with Gasteiger partial charge in [0.15, 0.2) is 0 Å². The highest BCUT2D eigenvalue weighted by Crippen LogP contribution is 2.31. The van der Waals surface area contributed by atoms with Crippen LogP contribution in [0.15, 0.2) is 42.9 Å². The second-order valence-corrected chi connectivity index (χ2v) is 6.94. The number of benzene rings is 1. The van der Waals surface area contributed by atoms with Crippen molar-refractivity contribution in [3.8, 4) is 5.88 Å². The topological polar surface area (TPSA) is 89.2 Å². The highest BCUT2D eigenvalue weighted by atomic mass is 16.5. The molecular formula is C21H24N6O. The minimum atomic E-state index is 0.606. The molecule has 0 fully saturated rings. The Morgan fingerprint density at radius 3 is 2.82 bits per heavy atom. The van der Waals surface area contributed by atoms with E-state index in [0.717, 1.165) is 59.1 Å². The SMILES string of the molecule is COc1ccc(CNc2ncnc3c2CN(c2ccc(C)cc2N)CC3)cn1. The molecule has 3 N–H and O–H groups in total. The van der Waals surface area contributed by atoms with Gasteiger partial charge in [0.1, 0.15) is 12.1 Å². The average Bonchev–Trinajstić information content (AvgIpc) is 2.72. The summed E-state index contributed by atoms with van der Waals surface area (Å²) in [7, 11) is 1.61. The molecule has 7 nitrogen and oxygen atoms in total. The fourth-order valence-corrected chi connectivity index (χ4v) is 3.48. The Kier molecular flexibility index (Phi) is 4.97. The Balaban J connectivity index is 1.53. The predicted molar refractivity (Wildman–Crippen MR) is 110 cm³/mol. The molecule has 144 valence electrons. The van der Waals surface area contributed by atoms with Crippen LogP contribution in [0.3, 0.4) is 0 Å². The number of fused-ring (bicyclic) bond motifs is 1. The van der Waals surface area contributed by atoms with Crippen LogP contribution < -0.4 is 20.7 Å². The minimum absolute atomic E-state index is 0.606. The number of rotatable bonds is 5. The zero-order valence-corrected chi connectivity index (χ0v) is 16.1. The van der Waals surface area contributed by atoms with Crippen LogP contribution in [0.5, 0.6) is 5.88 Å². The lowest BCUT2D eigenvalue weighted by molar-refractivity contribution is 0.397. The molecular weight excluding hydrogens is 352 g/mol. The van der Waals surface area contributed by atoms with E-state index < -0.39 is 0 Å². The monoisotopic (exact) mass is 376 g/mol. The third kappa shape index (κ3) is 3.69. The van der Waals surface area contributed by atoms with Gasteiger partial charge in [-0.05, 0) is 30.2 Å². The van der Waals surface area contributed by atoms with Gasteiger partial charge in [-0.25, -0.2) is 15.0 Å². The summed E-state index contributed by atoms with van der Waals surface area (Å²) >= 11 is 0. The normalized spacial score (nSPS) is 13.1. The molecule has 0 amide bonds. The summed E-state index contributed by atoms with van der Waals surface area (Å²) in [6.45, 7) is 4.30. The number of hydrogen-bond donors (Lipinski definition) is 2. The van der Waals surface area contributed by atoms with Gasteiger partial charge >= 0.3 is 0 Å². The van der Waals surface area contributed by atoms with E-state index in [1.54, 1.807) is 19.6 Å². The van der Waals surface area contributed by atoms with Crippen LogP contribution in [0.1, 0.15) is 22.4 Å². The summed E-state index contributed by atoms with van der Waals surface area (Å²) in [5.41, 5.74) is 12.6. The summed E-state index contributed by atoms with van der Waals surface area (Å²) in [5.74, 6) is 1.46. The smallest absolute Gasteiger partial charge is 0.212 e. The molecule has 4 rings (SSSR count). The van der Waals surface area contributed by atoms with Crippen molar-refractivity contribution in [2.75, 3.05) is 29.6 Å². The van der Waals surface area contributed by atoms with Gasteiger partial charge in [-0.2, -0.15) is 0 Å². The third-order valence-corrected chi connectivity index (χ3v) is 4.99. The first-order valence-electron chi connectivity index (χ1n) is 9.30. The Morgan fingerprint density at radius 2 is 2.07 bits per heavy atom. The fraction of sp³-hybridized carbons (Fsp3) is 0.286. The number of nitrogens with zero attached hydrogens (tertiary/aromatic N) is 4. The molecule has 1 aliphatic rings. The molecule has 3 aromatic rings. The van der Waals surface area contributed by atoms with E-state index in [2.05, 4.69) is 44.2 Å². The number of anilines is 3. The van der Waals surface area contributed by atoms with Crippen LogP contribution in [0.25, 0.3) is 0 Å². The number of nitrogens with one attached hydrogen (secondary N) is 1. The summed E-state index contributed by atoms with van der Waals surface area (Å²) in [5, 5.41) is 3.43. The van der Waals surface area contributed by atoms with Crippen LogP contribution in [0, 0.1) is 6.92 Å². The van der Waals surface area contributed by atoms with Gasteiger partial charge in [0.25, 0.3) is 0 Å². The third-order valence-electron chi connectivity index (χ3n) is 4.99. The maximum absolute atomic E-state index is 6.26. The van der Waals surface area contributed by atoms with Gasteiger partial charge in [0, 0.05) is 43.9 Å². The van der Waals surface area contributed by atoms with Crippen LogP contribution >= 0.6 is 0 Å². The predicted octanol–water partition coefficient (Wildman–Crippen LogP) is 2.95. The largest absolute Gasteiger partial charge is 0.481 e. The zero-order valence-electron chi connectivity index (χ0n) is 16.1. The molecule has 7 heteroatoms. The Bertz CT molecular complexity index is 973. The molecule has 0 saturated carbocycles. The van der Waals surface area contributed by atoms with Crippen molar-refractivity contribution in [3.63, 3.8) is 0 Å². The number of methoxy groups -OCH3 is 1. The molecule has 3 heterocycles.